The standard InChI is InChI=1S/C15H16N4O2/c20-15(18-13-2-1-5-16-11-13)12-3-4-14(17-10-12)19-6-8-21-9-7-19/h1-5,10-11H,6-9H2,(H,18,20). The van der Waals surface area contributed by atoms with Crippen LogP contribution in [0.5, 0.6) is 0 Å². The fraction of sp³-hybridized carbons (Fsp3) is 0.267. The third-order valence-corrected chi connectivity index (χ3v) is 3.26. The molecule has 1 N–H and O–H groups in total. The summed E-state index contributed by atoms with van der Waals surface area (Å²) in [5, 5.41) is 2.78. The number of anilines is 2. The van der Waals surface area contributed by atoms with E-state index in [1.807, 2.05) is 6.07 Å². The van der Waals surface area contributed by atoms with E-state index in [9.17, 15) is 4.79 Å². The Hall–Kier alpha value is -2.47. The Morgan fingerprint density at radius 2 is 2.05 bits per heavy atom. The molecule has 6 heteroatoms. The highest BCUT2D eigenvalue weighted by Gasteiger charge is 2.13. The van der Waals surface area contributed by atoms with Crippen LogP contribution in [-0.4, -0.2) is 42.2 Å². The SMILES string of the molecule is O=C(Nc1cccnc1)c1ccc(N2CCOCC2)nc1. The smallest absolute Gasteiger partial charge is 0.257 e. The van der Waals surface area contributed by atoms with Crippen LogP contribution in [-0.2, 0) is 4.74 Å². The minimum atomic E-state index is -0.191. The Morgan fingerprint density at radius 1 is 1.19 bits per heavy atom. The first kappa shape index (κ1) is 13.5. The van der Waals surface area contributed by atoms with Crippen molar-refractivity contribution in [3.05, 3.63) is 48.4 Å². The second-order valence-electron chi connectivity index (χ2n) is 4.70. The maximum atomic E-state index is 12.1. The van der Waals surface area contributed by atoms with E-state index in [2.05, 4.69) is 20.2 Å². The van der Waals surface area contributed by atoms with Crippen LogP contribution in [0, 0.1) is 0 Å². The van der Waals surface area contributed by atoms with Gasteiger partial charge in [-0.2, -0.15) is 0 Å². The van der Waals surface area contributed by atoms with Gasteiger partial charge in [-0.25, -0.2) is 4.98 Å². The molecule has 1 saturated heterocycles. The number of carbonyl (C=O) groups is 1. The first-order chi connectivity index (χ1) is 10.3. The van der Waals surface area contributed by atoms with Gasteiger partial charge in [-0.15, -0.1) is 0 Å². The second kappa shape index (κ2) is 6.32. The quantitative estimate of drug-likeness (QED) is 0.926. The number of hydrogen-bond donors (Lipinski definition) is 1. The van der Waals surface area contributed by atoms with E-state index in [4.69, 9.17) is 4.74 Å². The average molecular weight is 284 g/mol. The Balaban J connectivity index is 1.67. The third-order valence-electron chi connectivity index (χ3n) is 3.26. The molecule has 1 aliphatic heterocycles. The summed E-state index contributed by atoms with van der Waals surface area (Å²) in [6.45, 7) is 3.08. The van der Waals surface area contributed by atoms with Gasteiger partial charge in [-0.3, -0.25) is 9.78 Å². The molecular formula is C15H16N4O2. The van der Waals surface area contributed by atoms with E-state index in [1.54, 1.807) is 36.8 Å². The molecule has 0 radical (unpaired) electrons. The number of carbonyl (C=O) groups excluding carboxylic acids is 1. The molecule has 0 aromatic carbocycles. The molecule has 3 heterocycles. The summed E-state index contributed by atoms with van der Waals surface area (Å²) in [6, 6.07) is 7.21. The van der Waals surface area contributed by atoms with E-state index in [-0.39, 0.29) is 5.91 Å². The van der Waals surface area contributed by atoms with Crippen LogP contribution in [0.3, 0.4) is 0 Å². The molecular weight excluding hydrogens is 268 g/mol. The van der Waals surface area contributed by atoms with Gasteiger partial charge in [0.2, 0.25) is 0 Å². The molecule has 108 valence electrons. The number of aromatic nitrogens is 2. The molecule has 1 fully saturated rings. The van der Waals surface area contributed by atoms with Gasteiger partial charge in [0, 0.05) is 25.5 Å². The molecule has 3 rings (SSSR count). The van der Waals surface area contributed by atoms with Gasteiger partial charge in [-0.1, -0.05) is 0 Å². The first-order valence-electron chi connectivity index (χ1n) is 6.83. The lowest BCUT2D eigenvalue weighted by atomic mass is 10.2. The van der Waals surface area contributed by atoms with Crippen LogP contribution < -0.4 is 10.2 Å². The molecule has 0 atom stereocenters. The molecule has 1 amide bonds. The summed E-state index contributed by atoms with van der Waals surface area (Å²) >= 11 is 0. The van der Waals surface area contributed by atoms with E-state index in [1.165, 1.54) is 0 Å². The van der Waals surface area contributed by atoms with E-state index in [0.29, 0.717) is 24.5 Å². The van der Waals surface area contributed by atoms with Crippen molar-refractivity contribution in [3.63, 3.8) is 0 Å². The first-order valence-corrected chi connectivity index (χ1v) is 6.83. The predicted molar refractivity (Wildman–Crippen MR) is 79.5 cm³/mol. The average Bonchev–Trinajstić information content (AvgIpc) is 2.57. The molecule has 6 nitrogen and oxygen atoms in total. The number of pyridine rings is 2. The Morgan fingerprint density at radius 3 is 2.71 bits per heavy atom. The zero-order valence-electron chi connectivity index (χ0n) is 11.5. The maximum absolute atomic E-state index is 12.1. The zero-order valence-corrected chi connectivity index (χ0v) is 11.5. The van der Waals surface area contributed by atoms with Crippen LogP contribution in [0.15, 0.2) is 42.9 Å². The Bertz CT molecular complexity index is 595. The number of rotatable bonds is 3. The number of nitrogens with one attached hydrogen (secondary N) is 1. The summed E-state index contributed by atoms with van der Waals surface area (Å²) in [4.78, 5) is 22.6. The van der Waals surface area contributed by atoms with Gasteiger partial charge in [0.05, 0.1) is 30.7 Å². The van der Waals surface area contributed by atoms with Gasteiger partial charge in [-0.05, 0) is 24.3 Å². The largest absolute Gasteiger partial charge is 0.378 e. The van der Waals surface area contributed by atoms with Crippen molar-refractivity contribution in [2.45, 2.75) is 0 Å². The number of amides is 1. The molecule has 2 aromatic heterocycles. The van der Waals surface area contributed by atoms with Gasteiger partial charge >= 0.3 is 0 Å². The fourth-order valence-electron chi connectivity index (χ4n) is 2.14. The van der Waals surface area contributed by atoms with Crippen molar-refractivity contribution in [1.82, 2.24) is 9.97 Å². The minimum Gasteiger partial charge on any atom is -0.378 e. The summed E-state index contributed by atoms with van der Waals surface area (Å²) in [5.41, 5.74) is 1.19. The van der Waals surface area contributed by atoms with Crippen LogP contribution >= 0.6 is 0 Å². The van der Waals surface area contributed by atoms with Gasteiger partial charge in [0.1, 0.15) is 5.82 Å². The van der Waals surface area contributed by atoms with Gasteiger partial charge in [0.25, 0.3) is 5.91 Å². The minimum absolute atomic E-state index is 0.191. The van der Waals surface area contributed by atoms with Crippen LogP contribution in [0.2, 0.25) is 0 Å². The predicted octanol–water partition coefficient (Wildman–Crippen LogP) is 1.57. The van der Waals surface area contributed by atoms with Crippen molar-refractivity contribution in [3.8, 4) is 0 Å². The van der Waals surface area contributed by atoms with Crippen molar-refractivity contribution >= 4 is 17.4 Å². The number of ether oxygens (including phenoxy) is 1. The highest BCUT2D eigenvalue weighted by molar-refractivity contribution is 6.04. The van der Waals surface area contributed by atoms with Gasteiger partial charge < -0.3 is 15.0 Å². The molecule has 21 heavy (non-hydrogen) atoms. The fourth-order valence-corrected chi connectivity index (χ4v) is 2.14. The lowest BCUT2D eigenvalue weighted by molar-refractivity contribution is 0.102. The molecule has 0 bridgehead atoms. The summed E-state index contributed by atoms with van der Waals surface area (Å²) in [5.74, 6) is 0.681. The third kappa shape index (κ3) is 3.35. The summed E-state index contributed by atoms with van der Waals surface area (Å²) in [6.07, 6.45) is 4.86. The summed E-state index contributed by atoms with van der Waals surface area (Å²) < 4.78 is 5.31. The van der Waals surface area contributed by atoms with Crippen LogP contribution in [0.1, 0.15) is 10.4 Å². The number of morpholine rings is 1. The van der Waals surface area contributed by atoms with E-state index in [0.717, 1.165) is 18.9 Å². The summed E-state index contributed by atoms with van der Waals surface area (Å²) in [7, 11) is 0. The monoisotopic (exact) mass is 284 g/mol. The highest BCUT2D eigenvalue weighted by Crippen LogP contribution is 2.14. The Kier molecular flexibility index (Phi) is 4.07. The Labute approximate surface area is 122 Å². The molecule has 0 unspecified atom stereocenters. The van der Waals surface area contributed by atoms with Crippen LogP contribution in [0.25, 0.3) is 0 Å². The van der Waals surface area contributed by atoms with Gasteiger partial charge in [0.15, 0.2) is 0 Å². The van der Waals surface area contributed by atoms with Crippen molar-refractivity contribution in [2.24, 2.45) is 0 Å². The molecule has 0 spiro atoms. The normalized spacial score (nSPS) is 14.8. The van der Waals surface area contributed by atoms with E-state index >= 15 is 0 Å². The molecule has 2 aromatic rings. The van der Waals surface area contributed by atoms with Crippen molar-refractivity contribution in [2.75, 3.05) is 36.5 Å². The van der Waals surface area contributed by atoms with Crippen molar-refractivity contribution < 1.29 is 9.53 Å². The van der Waals surface area contributed by atoms with Crippen molar-refractivity contribution in [1.29, 1.82) is 0 Å². The topological polar surface area (TPSA) is 67.4 Å². The second-order valence-corrected chi connectivity index (χ2v) is 4.70. The molecule has 0 saturated carbocycles. The number of nitrogens with zero attached hydrogens (tertiary/aromatic N) is 3. The highest BCUT2D eigenvalue weighted by atomic mass is 16.5. The molecule has 1 aliphatic rings. The van der Waals surface area contributed by atoms with E-state index < -0.39 is 0 Å². The molecule has 0 aliphatic carbocycles. The maximum Gasteiger partial charge on any atom is 0.257 e. The number of hydrogen-bond acceptors (Lipinski definition) is 5. The van der Waals surface area contributed by atoms with Crippen LogP contribution in [0.4, 0.5) is 11.5 Å². The lowest BCUT2D eigenvalue weighted by Crippen LogP contribution is -2.36. The lowest BCUT2D eigenvalue weighted by Gasteiger charge is -2.27. The zero-order chi connectivity index (χ0) is 14.5.